The Morgan fingerprint density at radius 1 is 1.40 bits per heavy atom. The van der Waals surface area contributed by atoms with Gasteiger partial charge in [-0.15, -0.1) is 0 Å². The first-order valence-electron chi connectivity index (χ1n) is 3.95. The molecule has 0 fully saturated rings. The number of fused-ring (bicyclic) bond motifs is 1. The third-order valence-corrected chi connectivity index (χ3v) is 2.97. The molecular weight excluding hydrogens is 322 g/mol. The van der Waals surface area contributed by atoms with E-state index in [-0.39, 0.29) is 0 Å². The normalized spacial score (nSPS) is 12.3. The highest BCUT2D eigenvalue weighted by Crippen LogP contribution is 2.29. The molecule has 0 aliphatic heterocycles. The van der Waals surface area contributed by atoms with Crippen molar-refractivity contribution in [2.45, 2.75) is 6.18 Å². The van der Waals surface area contributed by atoms with Gasteiger partial charge in [-0.1, -0.05) is 0 Å². The zero-order valence-corrected chi connectivity index (χ0v) is 9.67. The molecule has 2 aromatic heterocycles. The van der Waals surface area contributed by atoms with Gasteiger partial charge in [0, 0.05) is 7.05 Å². The third-order valence-electron chi connectivity index (χ3n) is 2.00. The number of hydrogen-bond acceptors (Lipinski definition) is 2. The zero-order valence-electron chi connectivity index (χ0n) is 7.51. The van der Waals surface area contributed by atoms with Crippen molar-refractivity contribution in [1.82, 2.24) is 14.5 Å². The number of hydrogen-bond donors (Lipinski definition) is 0. The minimum Gasteiger partial charge on any atom is -0.321 e. The van der Waals surface area contributed by atoms with Crippen LogP contribution in [-0.4, -0.2) is 14.5 Å². The van der Waals surface area contributed by atoms with E-state index in [0.29, 0.717) is 14.9 Å². The number of halogens is 4. The Balaban J connectivity index is 2.67. The molecule has 0 spiro atoms. The van der Waals surface area contributed by atoms with Crippen molar-refractivity contribution in [3.8, 4) is 0 Å². The molecule has 7 heteroatoms. The standard InChI is InChI=1S/C8H5F3IN3/c1-15-5-3-13-6(8(9,10)11)2-4(5)14-7(15)12/h2-3H,1H3. The highest BCUT2D eigenvalue weighted by Gasteiger charge is 2.32. The Morgan fingerprint density at radius 2 is 2.07 bits per heavy atom. The molecule has 80 valence electrons. The van der Waals surface area contributed by atoms with Gasteiger partial charge in [0.05, 0.1) is 17.2 Å². The van der Waals surface area contributed by atoms with Gasteiger partial charge in [0.15, 0.2) is 3.83 Å². The van der Waals surface area contributed by atoms with Crippen LogP contribution in [0.15, 0.2) is 12.3 Å². The van der Waals surface area contributed by atoms with Crippen molar-refractivity contribution in [3.05, 3.63) is 21.8 Å². The van der Waals surface area contributed by atoms with E-state index < -0.39 is 11.9 Å². The maximum Gasteiger partial charge on any atom is 0.433 e. The van der Waals surface area contributed by atoms with Crippen molar-refractivity contribution < 1.29 is 13.2 Å². The number of pyridine rings is 1. The SMILES string of the molecule is Cn1c(I)nc2cc(C(F)(F)F)ncc21. The summed E-state index contributed by atoms with van der Waals surface area (Å²) in [6.07, 6.45) is -3.23. The third kappa shape index (κ3) is 1.80. The molecule has 0 atom stereocenters. The van der Waals surface area contributed by atoms with Crippen LogP contribution in [0.3, 0.4) is 0 Å². The van der Waals surface area contributed by atoms with E-state index in [1.54, 1.807) is 11.6 Å². The summed E-state index contributed by atoms with van der Waals surface area (Å²) < 4.78 is 39.3. The first kappa shape index (κ1) is 10.7. The quantitative estimate of drug-likeness (QED) is 0.697. The predicted molar refractivity (Wildman–Crippen MR) is 56.2 cm³/mol. The number of aryl methyl sites for hydroxylation is 1. The molecule has 2 rings (SSSR count). The molecular formula is C8H5F3IN3. The molecule has 0 aliphatic carbocycles. The van der Waals surface area contributed by atoms with Gasteiger partial charge in [-0.2, -0.15) is 13.2 Å². The summed E-state index contributed by atoms with van der Waals surface area (Å²) >= 11 is 1.95. The van der Waals surface area contributed by atoms with E-state index in [1.807, 2.05) is 22.6 Å². The molecule has 2 heterocycles. The van der Waals surface area contributed by atoms with Crippen molar-refractivity contribution in [2.24, 2.45) is 7.05 Å². The largest absolute Gasteiger partial charge is 0.433 e. The van der Waals surface area contributed by atoms with Gasteiger partial charge < -0.3 is 4.57 Å². The highest BCUT2D eigenvalue weighted by molar-refractivity contribution is 14.1. The molecule has 0 saturated heterocycles. The summed E-state index contributed by atoms with van der Waals surface area (Å²) in [6.45, 7) is 0. The van der Waals surface area contributed by atoms with Crippen molar-refractivity contribution in [1.29, 1.82) is 0 Å². The topological polar surface area (TPSA) is 30.7 Å². The number of aromatic nitrogens is 3. The number of rotatable bonds is 0. The molecule has 0 radical (unpaired) electrons. The summed E-state index contributed by atoms with van der Waals surface area (Å²) in [4.78, 5) is 7.36. The lowest BCUT2D eigenvalue weighted by Crippen LogP contribution is -2.07. The molecule has 0 amide bonds. The van der Waals surface area contributed by atoms with Crippen LogP contribution >= 0.6 is 22.6 Å². The van der Waals surface area contributed by atoms with E-state index in [0.717, 1.165) is 6.07 Å². The molecule has 0 unspecified atom stereocenters. The summed E-state index contributed by atoms with van der Waals surface area (Å²) in [7, 11) is 1.73. The van der Waals surface area contributed by atoms with Crippen LogP contribution in [0.5, 0.6) is 0 Å². The molecule has 0 saturated carbocycles. The Kier molecular flexibility index (Phi) is 2.36. The second-order valence-corrected chi connectivity index (χ2v) is 3.96. The smallest absolute Gasteiger partial charge is 0.321 e. The molecule has 0 bridgehead atoms. The average molecular weight is 327 g/mol. The van der Waals surface area contributed by atoms with Gasteiger partial charge in [0.2, 0.25) is 0 Å². The van der Waals surface area contributed by atoms with Crippen LogP contribution in [0.25, 0.3) is 11.0 Å². The average Bonchev–Trinajstić information content (AvgIpc) is 2.41. The number of alkyl halides is 3. The van der Waals surface area contributed by atoms with Crippen LogP contribution in [0.1, 0.15) is 5.69 Å². The Hall–Kier alpha value is -0.860. The first-order chi connectivity index (χ1) is 6.89. The fourth-order valence-electron chi connectivity index (χ4n) is 1.21. The second kappa shape index (κ2) is 3.32. The van der Waals surface area contributed by atoms with Crippen LogP contribution in [-0.2, 0) is 13.2 Å². The molecule has 0 N–H and O–H groups in total. The molecule has 15 heavy (non-hydrogen) atoms. The van der Waals surface area contributed by atoms with Gasteiger partial charge in [0.25, 0.3) is 0 Å². The van der Waals surface area contributed by atoms with Gasteiger partial charge >= 0.3 is 6.18 Å². The van der Waals surface area contributed by atoms with Crippen molar-refractivity contribution >= 4 is 33.6 Å². The fraction of sp³-hybridized carbons (Fsp3) is 0.250. The molecule has 0 aromatic carbocycles. The van der Waals surface area contributed by atoms with Crippen molar-refractivity contribution in [3.63, 3.8) is 0 Å². The van der Waals surface area contributed by atoms with E-state index in [4.69, 9.17) is 0 Å². The maximum absolute atomic E-state index is 12.3. The summed E-state index contributed by atoms with van der Waals surface area (Å²) in [5.41, 5.74) is -0.0128. The Bertz CT molecular complexity index is 518. The summed E-state index contributed by atoms with van der Waals surface area (Å²) in [5, 5.41) is 0. The summed E-state index contributed by atoms with van der Waals surface area (Å²) in [5.74, 6) is 0. The van der Waals surface area contributed by atoms with E-state index >= 15 is 0 Å². The maximum atomic E-state index is 12.3. The predicted octanol–water partition coefficient (Wildman–Crippen LogP) is 2.59. The Morgan fingerprint density at radius 3 is 2.67 bits per heavy atom. The lowest BCUT2D eigenvalue weighted by molar-refractivity contribution is -0.141. The molecule has 0 aliphatic rings. The van der Waals surface area contributed by atoms with Crippen LogP contribution in [0.4, 0.5) is 13.2 Å². The molecule has 3 nitrogen and oxygen atoms in total. The number of imidazole rings is 1. The van der Waals surface area contributed by atoms with Crippen LogP contribution < -0.4 is 0 Å². The van der Waals surface area contributed by atoms with E-state index in [2.05, 4.69) is 9.97 Å². The van der Waals surface area contributed by atoms with Crippen LogP contribution in [0, 0.1) is 3.83 Å². The summed E-state index contributed by atoms with van der Waals surface area (Å²) in [6, 6.07) is 0.956. The minimum atomic E-state index is -4.42. The first-order valence-corrected chi connectivity index (χ1v) is 5.02. The fourth-order valence-corrected chi connectivity index (χ4v) is 1.73. The lowest BCUT2D eigenvalue weighted by Gasteiger charge is -2.04. The second-order valence-electron chi connectivity index (χ2n) is 3.00. The van der Waals surface area contributed by atoms with Crippen LogP contribution in [0.2, 0.25) is 0 Å². The van der Waals surface area contributed by atoms with E-state index in [1.165, 1.54) is 6.20 Å². The van der Waals surface area contributed by atoms with Gasteiger partial charge in [-0.3, -0.25) is 0 Å². The highest BCUT2D eigenvalue weighted by atomic mass is 127. The number of nitrogens with zero attached hydrogens (tertiary/aromatic N) is 3. The lowest BCUT2D eigenvalue weighted by atomic mass is 10.3. The van der Waals surface area contributed by atoms with Crippen molar-refractivity contribution in [2.75, 3.05) is 0 Å². The van der Waals surface area contributed by atoms with Gasteiger partial charge in [0.1, 0.15) is 5.69 Å². The Labute approximate surface area is 96.5 Å². The monoisotopic (exact) mass is 327 g/mol. The van der Waals surface area contributed by atoms with Gasteiger partial charge in [-0.25, -0.2) is 9.97 Å². The van der Waals surface area contributed by atoms with Gasteiger partial charge in [-0.05, 0) is 28.7 Å². The molecule has 2 aromatic rings. The zero-order chi connectivity index (χ0) is 11.2. The van der Waals surface area contributed by atoms with E-state index in [9.17, 15) is 13.2 Å². The minimum absolute atomic E-state index is 0.309.